The molecule has 0 radical (unpaired) electrons. The number of carbonyl (C=O) groups is 2. The number of nitrogens with zero attached hydrogens (tertiary/aromatic N) is 4. The smallest absolute Gasteiger partial charge is 0.267 e. The summed E-state index contributed by atoms with van der Waals surface area (Å²) in [7, 11) is 1.64. The zero-order chi connectivity index (χ0) is 22.2. The number of likely N-dealkylation sites (tertiary alicyclic amines) is 1. The number of benzene rings is 1. The first kappa shape index (κ1) is 20.3. The fraction of sp³-hybridized carbons (Fsp3) is 0.217. The summed E-state index contributed by atoms with van der Waals surface area (Å²) in [5.74, 6) is 4.56. The van der Waals surface area contributed by atoms with Crippen LogP contribution in [0.25, 0.3) is 16.9 Å². The predicted octanol–water partition coefficient (Wildman–Crippen LogP) is 1.29. The van der Waals surface area contributed by atoms with Gasteiger partial charge in [0.25, 0.3) is 11.8 Å². The molecule has 8 nitrogen and oxygen atoms in total. The molecular formula is C23H21N5O3. The monoisotopic (exact) mass is 415 g/mol. The van der Waals surface area contributed by atoms with E-state index in [2.05, 4.69) is 21.9 Å². The maximum atomic E-state index is 12.1. The molecule has 1 saturated heterocycles. The van der Waals surface area contributed by atoms with Crippen molar-refractivity contribution in [2.24, 2.45) is 5.73 Å². The van der Waals surface area contributed by atoms with Gasteiger partial charge in [-0.15, -0.1) is 0 Å². The van der Waals surface area contributed by atoms with Crippen LogP contribution in [-0.4, -0.2) is 55.8 Å². The number of carbonyl (C=O) groups excluding carboxylic acids is 2. The topological polar surface area (TPSA) is 114 Å². The van der Waals surface area contributed by atoms with Crippen molar-refractivity contribution >= 4 is 11.8 Å². The summed E-state index contributed by atoms with van der Waals surface area (Å²) in [4.78, 5) is 29.8. The lowest BCUT2D eigenvalue weighted by Crippen LogP contribution is -2.37. The highest BCUT2D eigenvalue weighted by molar-refractivity contribution is 5.92. The molecule has 3 N–H and O–H groups in total. The second-order valence-electron chi connectivity index (χ2n) is 7.51. The van der Waals surface area contributed by atoms with Crippen molar-refractivity contribution < 1.29 is 14.7 Å². The van der Waals surface area contributed by atoms with Gasteiger partial charge in [0.05, 0.1) is 11.4 Å². The Labute approximate surface area is 179 Å². The third-order valence-electron chi connectivity index (χ3n) is 5.22. The van der Waals surface area contributed by atoms with E-state index in [0.717, 1.165) is 5.69 Å². The highest BCUT2D eigenvalue weighted by Crippen LogP contribution is 2.24. The van der Waals surface area contributed by atoms with Gasteiger partial charge < -0.3 is 15.7 Å². The Hall–Kier alpha value is -3.96. The van der Waals surface area contributed by atoms with Crippen molar-refractivity contribution in [2.45, 2.75) is 18.9 Å². The highest BCUT2D eigenvalue weighted by atomic mass is 16.3. The summed E-state index contributed by atoms with van der Waals surface area (Å²) < 4.78 is 1.69. The van der Waals surface area contributed by atoms with Crippen LogP contribution in [0.2, 0.25) is 0 Å². The minimum absolute atomic E-state index is 0.118. The number of amides is 2. The molecule has 0 bridgehead atoms. The molecule has 2 amide bonds. The Morgan fingerprint density at radius 1 is 1.26 bits per heavy atom. The van der Waals surface area contributed by atoms with Crippen LogP contribution in [0, 0.1) is 18.8 Å². The third-order valence-corrected chi connectivity index (χ3v) is 5.22. The molecular weight excluding hydrogens is 394 g/mol. The summed E-state index contributed by atoms with van der Waals surface area (Å²) in [6.07, 6.45) is 1.94. The SMILES string of the molecule is Cc1ccnn1-c1cc(C(N)=O)nc(-c2cccc(C#C[C@]3(O)CCN(C)C3=O)c2)c1. The number of likely N-dealkylation sites (N-methyl/N-ethyl adjacent to an activating group) is 1. The number of nitrogens with two attached hydrogens (primary N) is 1. The Balaban J connectivity index is 1.74. The van der Waals surface area contributed by atoms with E-state index in [1.807, 2.05) is 25.1 Å². The van der Waals surface area contributed by atoms with Gasteiger partial charge in [-0.25, -0.2) is 9.67 Å². The van der Waals surface area contributed by atoms with Crippen molar-refractivity contribution in [1.82, 2.24) is 19.7 Å². The third kappa shape index (κ3) is 3.91. The van der Waals surface area contributed by atoms with Crippen molar-refractivity contribution in [1.29, 1.82) is 0 Å². The van der Waals surface area contributed by atoms with E-state index in [1.54, 1.807) is 42.2 Å². The molecule has 3 heterocycles. The van der Waals surface area contributed by atoms with Gasteiger partial charge in [0.1, 0.15) is 5.69 Å². The molecule has 2 aromatic heterocycles. The van der Waals surface area contributed by atoms with E-state index >= 15 is 0 Å². The average molecular weight is 415 g/mol. The first-order chi connectivity index (χ1) is 14.8. The van der Waals surface area contributed by atoms with Crippen LogP contribution in [0.4, 0.5) is 0 Å². The number of aromatic nitrogens is 3. The molecule has 0 unspecified atom stereocenters. The van der Waals surface area contributed by atoms with E-state index in [-0.39, 0.29) is 12.1 Å². The minimum Gasteiger partial charge on any atom is -0.369 e. The van der Waals surface area contributed by atoms with Crippen LogP contribution >= 0.6 is 0 Å². The first-order valence-corrected chi connectivity index (χ1v) is 9.71. The molecule has 1 aliphatic heterocycles. The minimum atomic E-state index is -1.67. The normalized spacial score (nSPS) is 18.0. The molecule has 4 rings (SSSR count). The van der Waals surface area contributed by atoms with Gasteiger partial charge in [-0.05, 0) is 37.3 Å². The van der Waals surface area contributed by atoms with Gasteiger partial charge >= 0.3 is 0 Å². The Bertz CT molecular complexity index is 1250. The molecule has 3 aromatic rings. The van der Waals surface area contributed by atoms with Gasteiger partial charge in [-0.1, -0.05) is 24.0 Å². The molecule has 8 heteroatoms. The van der Waals surface area contributed by atoms with Gasteiger partial charge in [0.2, 0.25) is 5.60 Å². The lowest BCUT2D eigenvalue weighted by molar-refractivity contribution is -0.137. The van der Waals surface area contributed by atoms with E-state index in [0.29, 0.717) is 29.1 Å². The average Bonchev–Trinajstić information content (AvgIpc) is 3.31. The van der Waals surface area contributed by atoms with Crippen molar-refractivity contribution in [3.63, 3.8) is 0 Å². The van der Waals surface area contributed by atoms with Gasteiger partial charge in [-0.3, -0.25) is 9.59 Å². The van der Waals surface area contributed by atoms with Crippen LogP contribution < -0.4 is 5.73 Å². The molecule has 1 atom stereocenters. The van der Waals surface area contributed by atoms with Crippen LogP contribution in [0.5, 0.6) is 0 Å². The largest absolute Gasteiger partial charge is 0.369 e. The first-order valence-electron chi connectivity index (χ1n) is 9.71. The van der Waals surface area contributed by atoms with Gasteiger partial charge in [0, 0.05) is 43.0 Å². The number of primary amides is 1. The number of aryl methyl sites for hydroxylation is 1. The lowest BCUT2D eigenvalue weighted by atomic mass is 10.0. The summed E-state index contributed by atoms with van der Waals surface area (Å²) in [6.45, 7) is 2.36. The Morgan fingerprint density at radius 3 is 2.71 bits per heavy atom. The second kappa shape index (κ2) is 7.70. The highest BCUT2D eigenvalue weighted by Gasteiger charge is 2.42. The molecule has 0 spiro atoms. The Kier molecular flexibility index (Phi) is 5.05. The molecule has 156 valence electrons. The van der Waals surface area contributed by atoms with E-state index in [1.165, 1.54) is 4.90 Å². The summed E-state index contributed by atoms with van der Waals surface area (Å²) >= 11 is 0. The van der Waals surface area contributed by atoms with Gasteiger partial charge in [-0.2, -0.15) is 5.10 Å². The predicted molar refractivity (Wildman–Crippen MR) is 114 cm³/mol. The maximum Gasteiger partial charge on any atom is 0.267 e. The van der Waals surface area contributed by atoms with Gasteiger partial charge in [0.15, 0.2) is 0 Å². The van der Waals surface area contributed by atoms with Crippen molar-refractivity contribution in [3.05, 3.63) is 65.6 Å². The fourth-order valence-corrected chi connectivity index (χ4v) is 3.45. The van der Waals surface area contributed by atoms with Crippen LogP contribution in [0.15, 0.2) is 48.7 Å². The van der Waals surface area contributed by atoms with E-state index < -0.39 is 17.4 Å². The zero-order valence-electron chi connectivity index (χ0n) is 17.2. The Morgan fingerprint density at radius 2 is 2.06 bits per heavy atom. The lowest BCUT2D eigenvalue weighted by Gasteiger charge is -2.13. The number of hydrogen-bond acceptors (Lipinski definition) is 5. The zero-order valence-corrected chi connectivity index (χ0v) is 17.2. The molecule has 1 aromatic carbocycles. The molecule has 0 saturated carbocycles. The molecule has 1 fully saturated rings. The van der Waals surface area contributed by atoms with Crippen LogP contribution in [0.3, 0.4) is 0 Å². The quantitative estimate of drug-likeness (QED) is 0.626. The second-order valence-corrected chi connectivity index (χ2v) is 7.51. The standard InChI is InChI=1S/C23H21N5O3/c1-15-7-10-25-28(15)18-13-19(26-20(14-18)21(24)29)17-5-3-4-16(12-17)6-8-23(31)9-11-27(2)22(23)30/h3-5,7,10,12-14,31H,9,11H2,1-2H3,(H2,24,29)/t23-/m0/s1. The van der Waals surface area contributed by atoms with E-state index in [9.17, 15) is 14.7 Å². The molecule has 0 aliphatic carbocycles. The summed E-state index contributed by atoms with van der Waals surface area (Å²) in [6, 6.07) is 12.4. The fourth-order valence-electron chi connectivity index (χ4n) is 3.45. The number of aliphatic hydroxyl groups is 1. The number of hydrogen-bond donors (Lipinski definition) is 2. The number of rotatable bonds is 3. The van der Waals surface area contributed by atoms with Crippen LogP contribution in [0.1, 0.15) is 28.2 Å². The maximum absolute atomic E-state index is 12.1. The van der Waals surface area contributed by atoms with Crippen LogP contribution in [-0.2, 0) is 4.79 Å². The molecule has 31 heavy (non-hydrogen) atoms. The van der Waals surface area contributed by atoms with Crippen molar-refractivity contribution in [2.75, 3.05) is 13.6 Å². The summed E-state index contributed by atoms with van der Waals surface area (Å²) in [5, 5.41) is 14.8. The molecule has 1 aliphatic rings. The van der Waals surface area contributed by atoms with E-state index in [4.69, 9.17) is 5.73 Å². The van der Waals surface area contributed by atoms with Crippen molar-refractivity contribution in [3.8, 4) is 28.8 Å². The summed E-state index contributed by atoms with van der Waals surface area (Å²) in [5.41, 5.74) is 7.34. The number of pyridine rings is 1.